The molecule has 1 N–H and O–H groups in total. The predicted octanol–water partition coefficient (Wildman–Crippen LogP) is 3.13. The van der Waals surface area contributed by atoms with Gasteiger partial charge in [0.15, 0.2) is 0 Å². The van der Waals surface area contributed by atoms with Crippen molar-refractivity contribution in [2.45, 2.75) is 36.8 Å². The maximum Gasteiger partial charge on any atom is 0.250 e. The van der Waals surface area contributed by atoms with Crippen molar-refractivity contribution in [2.75, 3.05) is 12.4 Å². The van der Waals surface area contributed by atoms with E-state index >= 15 is 0 Å². The van der Waals surface area contributed by atoms with E-state index in [9.17, 15) is 8.42 Å². The average Bonchev–Trinajstić information content (AvgIpc) is 2.71. The van der Waals surface area contributed by atoms with Gasteiger partial charge in [-0.2, -0.15) is 0 Å². The summed E-state index contributed by atoms with van der Waals surface area (Å²) in [4.78, 5) is 1.01. The van der Waals surface area contributed by atoms with Gasteiger partial charge in [0.25, 0.3) is 0 Å². The number of sulfonamides is 1. The third-order valence-corrected chi connectivity index (χ3v) is 5.55. The summed E-state index contributed by atoms with van der Waals surface area (Å²) < 4.78 is 26.6. The van der Waals surface area contributed by atoms with Gasteiger partial charge in [0.05, 0.1) is 0 Å². The van der Waals surface area contributed by atoms with Crippen LogP contribution in [0.4, 0.5) is 0 Å². The number of nitrogens with one attached hydrogen (secondary N) is 1. The Labute approximate surface area is 112 Å². The fraction of sp³-hybridized carbons (Fsp3) is 0.636. The maximum absolute atomic E-state index is 11.8. The Hall–Kier alpha value is -0.100. The summed E-state index contributed by atoms with van der Waals surface area (Å²) in [6.07, 6.45) is 3.93. The molecule has 0 aliphatic carbocycles. The standard InChI is InChI=1S/C11H18ClNO2S2/c1-10-6-7-11(16-10)17(14,15)13-9-5-3-2-4-8-12/h6-7,13H,2-5,8-9H2,1H3. The summed E-state index contributed by atoms with van der Waals surface area (Å²) in [7, 11) is -3.29. The SMILES string of the molecule is Cc1ccc(S(=O)(=O)NCCCCCCCl)s1. The Morgan fingerprint density at radius 1 is 1.24 bits per heavy atom. The number of rotatable bonds is 8. The minimum Gasteiger partial charge on any atom is -0.210 e. The molecule has 0 spiro atoms. The molecule has 1 rings (SSSR count). The lowest BCUT2D eigenvalue weighted by molar-refractivity contribution is 0.576. The van der Waals surface area contributed by atoms with E-state index in [0.29, 0.717) is 16.6 Å². The molecule has 0 fully saturated rings. The van der Waals surface area contributed by atoms with Crippen LogP contribution in [0.25, 0.3) is 0 Å². The van der Waals surface area contributed by atoms with E-state index in [4.69, 9.17) is 11.6 Å². The van der Waals surface area contributed by atoms with Crippen LogP contribution in [-0.2, 0) is 10.0 Å². The van der Waals surface area contributed by atoms with Crippen LogP contribution in [0.3, 0.4) is 0 Å². The first-order valence-corrected chi connectivity index (χ1v) is 8.52. The molecule has 0 atom stereocenters. The number of hydrogen-bond acceptors (Lipinski definition) is 3. The second-order valence-electron chi connectivity index (χ2n) is 3.87. The molecule has 98 valence electrons. The van der Waals surface area contributed by atoms with E-state index in [1.54, 1.807) is 6.07 Å². The molecule has 0 bridgehead atoms. The van der Waals surface area contributed by atoms with Gasteiger partial charge in [-0.3, -0.25) is 0 Å². The van der Waals surface area contributed by atoms with Crippen LogP contribution in [0.2, 0.25) is 0 Å². The van der Waals surface area contributed by atoms with E-state index in [1.165, 1.54) is 11.3 Å². The first-order chi connectivity index (χ1) is 8.06. The maximum atomic E-state index is 11.8. The summed E-state index contributed by atoms with van der Waals surface area (Å²) >= 11 is 6.86. The number of hydrogen-bond donors (Lipinski definition) is 1. The molecule has 0 aliphatic rings. The van der Waals surface area contributed by atoms with Gasteiger partial charge in [0, 0.05) is 17.3 Å². The zero-order chi connectivity index (χ0) is 12.7. The molecule has 0 unspecified atom stereocenters. The summed E-state index contributed by atoms with van der Waals surface area (Å²) in [6, 6.07) is 3.47. The Morgan fingerprint density at radius 3 is 2.53 bits per heavy atom. The Morgan fingerprint density at radius 2 is 1.94 bits per heavy atom. The van der Waals surface area contributed by atoms with Gasteiger partial charge in [-0.25, -0.2) is 13.1 Å². The minimum absolute atomic E-state index is 0.399. The zero-order valence-corrected chi connectivity index (χ0v) is 12.3. The molecule has 1 aromatic rings. The largest absolute Gasteiger partial charge is 0.250 e. The molecule has 6 heteroatoms. The topological polar surface area (TPSA) is 46.2 Å². The van der Waals surface area contributed by atoms with Crippen molar-refractivity contribution in [3.05, 3.63) is 17.0 Å². The van der Waals surface area contributed by atoms with Crippen LogP contribution in [0, 0.1) is 6.92 Å². The molecular formula is C11H18ClNO2S2. The predicted molar refractivity (Wildman–Crippen MR) is 73.4 cm³/mol. The monoisotopic (exact) mass is 295 g/mol. The highest BCUT2D eigenvalue weighted by Gasteiger charge is 2.14. The Bertz CT molecular complexity index is 428. The molecule has 3 nitrogen and oxygen atoms in total. The van der Waals surface area contributed by atoms with Gasteiger partial charge in [-0.1, -0.05) is 12.8 Å². The number of halogens is 1. The number of aryl methyl sites for hydroxylation is 1. The van der Waals surface area contributed by atoms with Crippen LogP contribution < -0.4 is 4.72 Å². The molecule has 0 aliphatic heterocycles. The summed E-state index contributed by atoms with van der Waals surface area (Å²) in [5, 5.41) is 0. The Kier molecular flexibility index (Phi) is 6.48. The van der Waals surface area contributed by atoms with Crippen LogP contribution in [0.15, 0.2) is 16.3 Å². The van der Waals surface area contributed by atoms with Gasteiger partial charge in [-0.15, -0.1) is 22.9 Å². The zero-order valence-electron chi connectivity index (χ0n) is 9.91. The fourth-order valence-electron chi connectivity index (χ4n) is 1.41. The lowest BCUT2D eigenvalue weighted by Gasteiger charge is -2.04. The molecule has 1 aromatic heterocycles. The first kappa shape index (κ1) is 15.0. The summed E-state index contributed by atoms with van der Waals surface area (Å²) in [5.74, 6) is 0.681. The second kappa shape index (κ2) is 7.36. The van der Waals surface area contributed by atoms with Crippen molar-refractivity contribution in [3.63, 3.8) is 0 Å². The number of alkyl halides is 1. The highest BCUT2D eigenvalue weighted by molar-refractivity contribution is 7.91. The number of thiophene rings is 1. The van der Waals surface area contributed by atoms with Crippen LogP contribution >= 0.6 is 22.9 Å². The third kappa shape index (κ3) is 5.38. The van der Waals surface area contributed by atoms with Gasteiger partial charge in [0.1, 0.15) is 4.21 Å². The molecule has 0 amide bonds. The van der Waals surface area contributed by atoms with Crippen molar-refractivity contribution < 1.29 is 8.42 Å². The normalized spacial score (nSPS) is 11.9. The molecule has 17 heavy (non-hydrogen) atoms. The fourth-order valence-corrected chi connectivity index (χ4v) is 4.00. The molecule has 1 heterocycles. The van der Waals surface area contributed by atoms with E-state index in [1.807, 2.05) is 13.0 Å². The smallest absolute Gasteiger partial charge is 0.210 e. The van der Waals surface area contributed by atoms with Gasteiger partial charge >= 0.3 is 0 Å². The molecule has 0 aromatic carbocycles. The van der Waals surface area contributed by atoms with E-state index < -0.39 is 10.0 Å². The van der Waals surface area contributed by atoms with Crippen LogP contribution in [0.1, 0.15) is 30.6 Å². The highest BCUT2D eigenvalue weighted by Crippen LogP contribution is 2.20. The summed E-state index contributed by atoms with van der Waals surface area (Å²) in [5.41, 5.74) is 0. The van der Waals surface area contributed by atoms with Crippen LogP contribution in [-0.4, -0.2) is 20.8 Å². The van der Waals surface area contributed by atoms with Crippen molar-refractivity contribution in [2.24, 2.45) is 0 Å². The average molecular weight is 296 g/mol. The van der Waals surface area contributed by atoms with E-state index in [-0.39, 0.29) is 0 Å². The van der Waals surface area contributed by atoms with Crippen molar-refractivity contribution in [3.8, 4) is 0 Å². The van der Waals surface area contributed by atoms with Crippen molar-refractivity contribution >= 4 is 33.0 Å². The lowest BCUT2D eigenvalue weighted by Crippen LogP contribution is -2.23. The van der Waals surface area contributed by atoms with E-state index in [0.717, 1.165) is 30.6 Å². The quantitative estimate of drug-likeness (QED) is 0.591. The molecule has 0 saturated carbocycles. The third-order valence-electron chi connectivity index (χ3n) is 2.33. The first-order valence-electron chi connectivity index (χ1n) is 5.68. The molecule has 0 radical (unpaired) electrons. The van der Waals surface area contributed by atoms with E-state index in [2.05, 4.69) is 4.72 Å². The van der Waals surface area contributed by atoms with Gasteiger partial charge < -0.3 is 0 Å². The molecular weight excluding hydrogens is 278 g/mol. The highest BCUT2D eigenvalue weighted by atomic mass is 35.5. The molecule has 0 saturated heterocycles. The van der Waals surface area contributed by atoms with Gasteiger partial charge in [0.2, 0.25) is 10.0 Å². The van der Waals surface area contributed by atoms with Crippen molar-refractivity contribution in [1.82, 2.24) is 4.72 Å². The minimum atomic E-state index is -3.29. The number of unbranched alkanes of at least 4 members (excludes halogenated alkanes) is 3. The Balaban J connectivity index is 2.31. The van der Waals surface area contributed by atoms with Crippen molar-refractivity contribution in [1.29, 1.82) is 0 Å². The second-order valence-corrected chi connectivity index (χ2v) is 7.53. The lowest BCUT2D eigenvalue weighted by atomic mass is 10.2. The van der Waals surface area contributed by atoms with Gasteiger partial charge in [-0.05, 0) is 31.9 Å². The van der Waals surface area contributed by atoms with Crippen LogP contribution in [0.5, 0.6) is 0 Å². The summed E-state index contributed by atoms with van der Waals surface area (Å²) in [6.45, 7) is 2.40.